The summed E-state index contributed by atoms with van der Waals surface area (Å²) in [5, 5.41) is 0. The summed E-state index contributed by atoms with van der Waals surface area (Å²) in [4.78, 5) is 0. The summed E-state index contributed by atoms with van der Waals surface area (Å²) in [7, 11) is 1.81. The first-order valence-electron chi connectivity index (χ1n) is 8.78. The quantitative estimate of drug-likeness (QED) is 0.448. The molecule has 0 saturated carbocycles. The van der Waals surface area contributed by atoms with E-state index < -0.39 is 0 Å². The number of hydrogen-bond donors (Lipinski definition) is 0. The molecule has 0 aliphatic rings. The first kappa shape index (κ1) is 18.3. The van der Waals surface area contributed by atoms with E-state index in [1.54, 1.807) is 4.57 Å². The molecule has 0 amide bonds. The Morgan fingerprint density at radius 2 is 1.52 bits per heavy atom. The smallest absolute Gasteiger partial charge is 0.196 e. The van der Waals surface area contributed by atoms with Crippen molar-refractivity contribution in [2.45, 2.75) is 90.9 Å². The summed E-state index contributed by atoms with van der Waals surface area (Å²) in [6.07, 6.45) is 13.3. The lowest BCUT2D eigenvalue weighted by Gasteiger charge is -2.30. The van der Waals surface area contributed by atoms with Gasteiger partial charge in [0.15, 0.2) is 5.95 Å². The minimum absolute atomic E-state index is 0.0692. The van der Waals surface area contributed by atoms with Crippen molar-refractivity contribution >= 4 is 0 Å². The molecule has 1 unspecified atom stereocenters. The monoisotopic (exact) mass is 295 g/mol. The van der Waals surface area contributed by atoms with E-state index in [-0.39, 0.29) is 11.4 Å². The van der Waals surface area contributed by atoms with Crippen LogP contribution in [0, 0.1) is 12.9 Å². The maximum atomic E-state index is 14.1. The van der Waals surface area contributed by atoms with E-state index in [9.17, 15) is 4.39 Å². The standard InChI is InChI=1S/C19H34FN/c1-6-8-10-12-14-19(4,13-11-9-7-2)17-15-21(5)18(20)16(17)3/h15H,6-14H2,1-5H3. The van der Waals surface area contributed by atoms with Crippen LogP contribution in [0.2, 0.25) is 0 Å². The SMILES string of the molecule is CCCCCCC(C)(CCCCC)c1cn(C)c(F)c1C. The first-order valence-corrected chi connectivity index (χ1v) is 8.78. The maximum Gasteiger partial charge on any atom is 0.196 e. The van der Waals surface area contributed by atoms with Crippen LogP contribution >= 0.6 is 0 Å². The fourth-order valence-corrected chi connectivity index (χ4v) is 3.43. The number of nitrogens with zero attached hydrogens (tertiary/aromatic N) is 1. The predicted molar refractivity (Wildman–Crippen MR) is 90.4 cm³/mol. The fourth-order valence-electron chi connectivity index (χ4n) is 3.43. The lowest BCUT2D eigenvalue weighted by molar-refractivity contribution is 0.364. The molecule has 1 nitrogen and oxygen atoms in total. The molecule has 0 fully saturated rings. The van der Waals surface area contributed by atoms with Gasteiger partial charge in [0.2, 0.25) is 0 Å². The third-order valence-corrected chi connectivity index (χ3v) is 4.91. The molecule has 0 aliphatic heterocycles. The largest absolute Gasteiger partial charge is 0.327 e. The number of aryl methyl sites for hydroxylation is 1. The maximum absolute atomic E-state index is 14.1. The Labute approximate surface area is 130 Å². The van der Waals surface area contributed by atoms with E-state index in [2.05, 4.69) is 20.8 Å². The minimum Gasteiger partial charge on any atom is -0.327 e. The van der Waals surface area contributed by atoms with Crippen molar-refractivity contribution in [3.63, 3.8) is 0 Å². The van der Waals surface area contributed by atoms with E-state index in [4.69, 9.17) is 0 Å². The zero-order valence-corrected chi connectivity index (χ0v) is 14.8. The molecule has 0 spiro atoms. The van der Waals surface area contributed by atoms with Crippen LogP contribution in [0.15, 0.2) is 6.20 Å². The number of unbranched alkanes of at least 4 members (excludes halogenated alkanes) is 5. The van der Waals surface area contributed by atoms with Crippen LogP contribution in [0.25, 0.3) is 0 Å². The Morgan fingerprint density at radius 3 is 2.00 bits per heavy atom. The lowest BCUT2D eigenvalue weighted by atomic mass is 9.74. The van der Waals surface area contributed by atoms with Crippen LogP contribution in [0.5, 0.6) is 0 Å². The van der Waals surface area contributed by atoms with Crippen molar-refractivity contribution in [2.24, 2.45) is 7.05 Å². The fraction of sp³-hybridized carbons (Fsp3) is 0.789. The van der Waals surface area contributed by atoms with Gasteiger partial charge in [-0.05, 0) is 30.7 Å². The highest BCUT2D eigenvalue weighted by atomic mass is 19.1. The van der Waals surface area contributed by atoms with E-state index in [0.29, 0.717) is 0 Å². The topological polar surface area (TPSA) is 4.93 Å². The van der Waals surface area contributed by atoms with Crippen LogP contribution in [-0.4, -0.2) is 4.57 Å². The zero-order valence-electron chi connectivity index (χ0n) is 14.8. The normalized spacial score (nSPS) is 14.4. The summed E-state index contributed by atoms with van der Waals surface area (Å²) in [6, 6.07) is 0. The Hall–Kier alpha value is -0.790. The average Bonchev–Trinajstić information content (AvgIpc) is 2.72. The predicted octanol–water partition coefficient (Wildman–Crippen LogP) is 6.28. The first-order chi connectivity index (χ1) is 9.96. The third-order valence-electron chi connectivity index (χ3n) is 4.91. The average molecular weight is 295 g/mol. The van der Waals surface area contributed by atoms with Crippen molar-refractivity contribution in [3.8, 4) is 0 Å². The number of hydrogen-bond acceptors (Lipinski definition) is 0. The molecule has 122 valence electrons. The van der Waals surface area contributed by atoms with Crippen LogP contribution in [0.3, 0.4) is 0 Å². The molecule has 0 aliphatic carbocycles. The Balaban J connectivity index is 2.86. The van der Waals surface area contributed by atoms with Gasteiger partial charge in [0.1, 0.15) is 0 Å². The highest BCUT2D eigenvalue weighted by Crippen LogP contribution is 2.38. The van der Waals surface area contributed by atoms with E-state index >= 15 is 0 Å². The molecule has 1 aromatic rings. The number of halogens is 1. The summed E-state index contributed by atoms with van der Waals surface area (Å²) in [6.45, 7) is 8.77. The van der Waals surface area contributed by atoms with Crippen LogP contribution in [0.1, 0.15) is 89.7 Å². The second-order valence-corrected chi connectivity index (χ2v) is 6.90. The highest BCUT2D eigenvalue weighted by molar-refractivity contribution is 5.32. The summed E-state index contributed by atoms with van der Waals surface area (Å²) in [5.74, 6) is -0.0692. The molecule has 0 N–H and O–H groups in total. The van der Waals surface area contributed by atoms with Gasteiger partial charge in [-0.25, -0.2) is 0 Å². The summed E-state index contributed by atoms with van der Waals surface area (Å²) in [5.41, 5.74) is 2.22. The Morgan fingerprint density at radius 1 is 1.00 bits per heavy atom. The third kappa shape index (κ3) is 4.86. The minimum atomic E-state index is -0.0692. The van der Waals surface area contributed by atoms with Gasteiger partial charge >= 0.3 is 0 Å². The van der Waals surface area contributed by atoms with Gasteiger partial charge in [0, 0.05) is 18.8 Å². The van der Waals surface area contributed by atoms with Crippen molar-refractivity contribution in [1.82, 2.24) is 4.57 Å². The Bertz CT molecular complexity index is 421. The molecule has 0 radical (unpaired) electrons. The number of rotatable bonds is 10. The molecule has 0 saturated heterocycles. The van der Waals surface area contributed by atoms with Gasteiger partial charge in [-0.15, -0.1) is 0 Å². The van der Waals surface area contributed by atoms with Crippen molar-refractivity contribution in [1.29, 1.82) is 0 Å². The van der Waals surface area contributed by atoms with Gasteiger partial charge < -0.3 is 4.57 Å². The van der Waals surface area contributed by atoms with E-state index in [1.807, 2.05) is 20.2 Å². The van der Waals surface area contributed by atoms with Gasteiger partial charge in [-0.3, -0.25) is 0 Å². The molecule has 2 heteroatoms. The molecule has 1 heterocycles. The van der Waals surface area contributed by atoms with E-state index in [1.165, 1.54) is 63.4 Å². The molecule has 1 rings (SSSR count). The molecule has 1 aromatic heterocycles. The number of aromatic nitrogens is 1. The molecular formula is C19H34FN. The lowest BCUT2D eigenvalue weighted by Crippen LogP contribution is -2.22. The second-order valence-electron chi connectivity index (χ2n) is 6.90. The summed E-state index contributed by atoms with van der Waals surface area (Å²) >= 11 is 0. The zero-order chi connectivity index (χ0) is 15.9. The molecular weight excluding hydrogens is 261 g/mol. The Kier molecular flexibility index (Phi) is 7.48. The molecule has 1 atom stereocenters. The summed E-state index contributed by atoms with van der Waals surface area (Å²) < 4.78 is 15.7. The molecule has 0 bridgehead atoms. The molecule has 21 heavy (non-hydrogen) atoms. The van der Waals surface area contributed by atoms with Crippen LogP contribution in [0.4, 0.5) is 4.39 Å². The second kappa shape index (κ2) is 8.60. The molecule has 0 aromatic carbocycles. The van der Waals surface area contributed by atoms with Gasteiger partial charge in [-0.1, -0.05) is 65.7 Å². The van der Waals surface area contributed by atoms with Gasteiger partial charge in [0.25, 0.3) is 0 Å². The van der Waals surface area contributed by atoms with Gasteiger partial charge in [0.05, 0.1) is 0 Å². The van der Waals surface area contributed by atoms with Crippen LogP contribution < -0.4 is 0 Å². The van der Waals surface area contributed by atoms with Crippen molar-refractivity contribution in [2.75, 3.05) is 0 Å². The van der Waals surface area contributed by atoms with Crippen molar-refractivity contribution in [3.05, 3.63) is 23.3 Å². The highest BCUT2D eigenvalue weighted by Gasteiger charge is 2.30. The van der Waals surface area contributed by atoms with Gasteiger partial charge in [-0.2, -0.15) is 4.39 Å². The van der Waals surface area contributed by atoms with E-state index in [0.717, 1.165) is 5.56 Å². The van der Waals surface area contributed by atoms with Crippen molar-refractivity contribution < 1.29 is 4.39 Å². The van der Waals surface area contributed by atoms with Crippen LogP contribution in [-0.2, 0) is 12.5 Å².